The van der Waals surface area contributed by atoms with Crippen LogP contribution in [0.1, 0.15) is 0 Å². The largest absolute Gasteiger partial charge is 0.205 e. The van der Waals surface area contributed by atoms with Crippen LogP contribution in [0.15, 0.2) is 18.2 Å². The first kappa shape index (κ1) is 9.83. The molecule has 14 heavy (non-hydrogen) atoms. The number of benzene rings is 1. The van der Waals surface area contributed by atoms with Crippen LogP contribution in [0.4, 0.5) is 4.39 Å². The van der Waals surface area contributed by atoms with E-state index in [-0.39, 0.29) is 5.02 Å². The number of aromatic nitrogens is 2. The van der Waals surface area contributed by atoms with Gasteiger partial charge in [-0.05, 0) is 41.3 Å². The van der Waals surface area contributed by atoms with Gasteiger partial charge in [-0.15, -0.1) is 0 Å². The fourth-order valence-electron chi connectivity index (χ4n) is 0.957. The molecule has 1 aromatic carbocycles. The lowest BCUT2D eigenvalue weighted by atomic mass is 10.2. The van der Waals surface area contributed by atoms with Crippen LogP contribution in [0.3, 0.4) is 0 Å². The van der Waals surface area contributed by atoms with Gasteiger partial charge in [-0.25, -0.2) is 9.37 Å². The molecular weight excluding hydrogens is 246 g/mol. The quantitative estimate of drug-likeness (QED) is 0.770. The van der Waals surface area contributed by atoms with Gasteiger partial charge in [0.05, 0.1) is 5.02 Å². The van der Waals surface area contributed by atoms with E-state index in [0.717, 1.165) is 11.5 Å². The first-order chi connectivity index (χ1) is 6.66. The van der Waals surface area contributed by atoms with E-state index in [4.69, 9.17) is 23.2 Å². The molecule has 0 aliphatic heterocycles. The van der Waals surface area contributed by atoms with Crippen LogP contribution in [0.2, 0.25) is 9.49 Å². The summed E-state index contributed by atoms with van der Waals surface area (Å²) in [6.45, 7) is 0. The Balaban J connectivity index is 2.47. The molecule has 0 atom stereocenters. The summed E-state index contributed by atoms with van der Waals surface area (Å²) in [6, 6.07) is 4.29. The highest BCUT2D eigenvalue weighted by Gasteiger charge is 2.07. The Morgan fingerprint density at radius 1 is 1.29 bits per heavy atom. The number of rotatable bonds is 1. The standard InChI is InChI=1S/C8H3Cl2FN2S/c9-5-3-4(1-2-6(5)11)7-12-8(10)14-13-7/h1-3H. The summed E-state index contributed by atoms with van der Waals surface area (Å²) in [6.07, 6.45) is 0. The Kier molecular flexibility index (Phi) is 2.67. The topological polar surface area (TPSA) is 25.8 Å². The van der Waals surface area contributed by atoms with Crippen molar-refractivity contribution in [2.75, 3.05) is 0 Å². The fraction of sp³-hybridized carbons (Fsp3) is 0. The molecular formula is C8H3Cl2FN2S. The van der Waals surface area contributed by atoms with Crippen molar-refractivity contribution in [2.45, 2.75) is 0 Å². The van der Waals surface area contributed by atoms with Gasteiger partial charge in [0.25, 0.3) is 0 Å². The maximum Gasteiger partial charge on any atom is 0.203 e. The maximum absolute atomic E-state index is 12.8. The zero-order valence-electron chi connectivity index (χ0n) is 6.67. The summed E-state index contributed by atoms with van der Waals surface area (Å²) in [4.78, 5) is 3.94. The summed E-state index contributed by atoms with van der Waals surface area (Å²) >= 11 is 12.3. The monoisotopic (exact) mass is 248 g/mol. The summed E-state index contributed by atoms with van der Waals surface area (Å²) < 4.78 is 17.1. The van der Waals surface area contributed by atoms with Gasteiger partial charge < -0.3 is 0 Å². The molecule has 0 saturated carbocycles. The van der Waals surface area contributed by atoms with E-state index >= 15 is 0 Å². The molecule has 2 rings (SSSR count). The highest BCUT2D eigenvalue weighted by Crippen LogP contribution is 2.25. The van der Waals surface area contributed by atoms with Gasteiger partial charge in [0, 0.05) is 5.56 Å². The van der Waals surface area contributed by atoms with Crippen LogP contribution < -0.4 is 0 Å². The Morgan fingerprint density at radius 2 is 2.07 bits per heavy atom. The maximum atomic E-state index is 12.8. The van der Waals surface area contributed by atoms with Crippen LogP contribution in [-0.4, -0.2) is 9.36 Å². The van der Waals surface area contributed by atoms with E-state index in [9.17, 15) is 4.39 Å². The molecule has 2 aromatic rings. The lowest BCUT2D eigenvalue weighted by molar-refractivity contribution is 0.628. The van der Waals surface area contributed by atoms with Gasteiger partial charge in [0.2, 0.25) is 4.47 Å². The van der Waals surface area contributed by atoms with E-state index in [2.05, 4.69) is 9.36 Å². The summed E-state index contributed by atoms with van der Waals surface area (Å²) in [7, 11) is 0. The van der Waals surface area contributed by atoms with Crippen molar-refractivity contribution in [2.24, 2.45) is 0 Å². The third kappa shape index (κ3) is 1.87. The average Bonchev–Trinajstić information content (AvgIpc) is 2.57. The van der Waals surface area contributed by atoms with Crippen molar-refractivity contribution < 1.29 is 4.39 Å². The molecule has 0 spiro atoms. The van der Waals surface area contributed by atoms with Crippen LogP contribution in [0.5, 0.6) is 0 Å². The lowest BCUT2D eigenvalue weighted by Gasteiger charge is -1.96. The predicted molar refractivity (Wildman–Crippen MR) is 55.3 cm³/mol. The zero-order valence-corrected chi connectivity index (χ0v) is 9.00. The summed E-state index contributed by atoms with van der Waals surface area (Å²) in [5.74, 6) is -0.00126. The van der Waals surface area contributed by atoms with Crippen molar-refractivity contribution >= 4 is 34.7 Å². The highest BCUT2D eigenvalue weighted by atomic mass is 35.5. The van der Waals surface area contributed by atoms with Crippen molar-refractivity contribution in [1.29, 1.82) is 0 Å². The van der Waals surface area contributed by atoms with Crippen LogP contribution in [0.25, 0.3) is 11.4 Å². The minimum absolute atomic E-state index is 0.0495. The van der Waals surface area contributed by atoms with E-state index in [1.165, 1.54) is 12.1 Å². The predicted octanol–water partition coefficient (Wildman–Crippen LogP) is 3.65. The van der Waals surface area contributed by atoms with Crippen LogP contribution in [-0.2, 0) is 0 Å². The molecule has 6 heteroatoms. The Bertz CT molecular complexity index is 472. The minimum Gasteiger partial charge on any atom is -0.205 e. The molecule has 1 aromatic heterocycles. The number of hydrogen-bond acceptors (Lipinski definition) is 3. The van der Waals surface area contributed by atoms with Gasteiger partial charge in [-0.3, -0.25) is 0 Å². The fourth-order valence-corrected chi connectivity index (χ4v) is 1.76. The lowest BCUT2D eigenvalue weighted by Crippen LogP contribution is -1.82. The second-order valence-corrected chi connectivity index (χ2v) is 4.24. The molecule has 0 aliphatic rings. The highest BCUT2D eigenvalue weighted by molar-refractivity contribution is 7.10. The van der Waals surface area contributed by atoms with Crippen molar-refractivity contribution in [3.8, 4) is 11.4 Å². The normalized spacial score (nSPS) is 10.5. The molecule has 0 amide bonds. The van der Waals surface area contributed by atoms with E-state index in [1.54, 1.807) is 6.07 Å². The minimum atomic E-state index is -0.461. The van der Waals surface area contributed by atoms with Gasteiger partial charge >= 0.3 is 0 Å². The molecule has 72 valence electrons. The zero-order chi connectivity index (χ0) is 10.1. The molecule has 1 heterocycles. The Labute approximate surface area is 93.5 Å². The van der Waals surface area contributed by atoms with Crippen molar-refractivity contribution in [3.63, 3.8) is 0 Å². The van der Waals surface area contributed by atoms with Gasteiger partial charge in [0.1, 0.15) is 5.82 Å². The summed E-state index contributed by atoms with van der Waals surface area (Å²) in [5.41, 5.74) is 0.652. The van der Waals surface area contributed by atoms with Gasteiger partial charge in [-0.1, -0.05) is 11.6 Å². The third-order valence-corrected chi connectivity index (χ3v) is 2.67. The number of halogens is 3. The van der Waals surface area contributed by atoms with Gasteiger partial charge in [0.15, 0.2) is 5.82 Å². The average molecular weight is 249 g/mol. The molecule has 2 nitrogen and oxygen atoms in total. The SMILES string of the molecule is Fc1ccc(-c2nsc(Cl)n2)cc1Cl. The first-order valence-electron chi connectivity index (χ1n) is 3.61. The third-order valence-electron chi connectivity index (χ3n) is 1.58. The molecule has 0 aliphatic carbocycles. The molecule has 0 radical (unpaired) electrons. The number of nitrogens with zero attached hydrogens (tertiary/aromatic N) is 2. The van der Waals surface area contributed by atoms with E-state index in [0.29, 0.717) is 15.9 Å². The van der Waals surface area contributed by atoms with Crippen LogP contribution >= 0.6 is 34.7 Å². The number of hydrogen-bond donors (Lipinski definition) is 0. The Morgan fingerprint density at radius 3 is 2.64 bits per heavy atom. The Hall–Kier alpha value is -0.710. The first-order valence-corrected chi connectivity index (χ1v) is 5.14. The second-order valence-electron chi connectivity index (χ2n) is 2.50. The molecule has 0 bridgehead atoms. The van der Waals surface area contributed by atoms with Gasteiger partial charge in [-0.2, -0.15) is 4.37 Å². The smallest absolute Gasteiger partial charge is 0.203 e. The van der Waals surface area contributed by atoms with Crippen LogP contribution in [0, 0.1) is 5.82 Å². The second kappa shape index (κ2) is 3.81. The summed E-state index contributed by atoms with van der Waals surface area (Å²) in [5, 5.41) is 0.0495. The molecule has 0 saturated heterocycles. The molecule has 0 fully saturated rings. The molecule has 0 N–H and O–H groups in total. The van der Waals surface area contributed by atoms with Crippen molar-refractivity contribution in [3.05, 3.63) is 33.5 Å². The van der Waals surface area contributed by atoms with E-state index in [1.807, 2.05) is 0 Å². The van der Waals surface area contributed by atoms with Crippen molar-refractivity contribution in [1.82, 2.24) is 9.36 Å². The molecule has 0 unspecified atom stereocenters. The van der Waals surface area contributed by atoms with E-state index < -0.39 is 5.82 Å².